The van der Waals surface area contributed by atoms with Gasteiger partial charge in [-0.2, -0.15) is 0 Å². The summed E-state index contributed by atoms with van der Waals surface area (Å²) < 4.78 is 44.2. The van der Waals surface area contributed by atoms with E-state index < -0.39 is 12.6 Å². The zero-order valence-corrected chi connectivity index (χ0v) is 38.9. The van der Waals surface area contributed by atoms with Crippen LogP contribution < -0.4 is 0 Å². The fraction of sp³-hybridized carbons (Fsp3) is 0.920. The Bertz CT molecular complexity index is 710. The van der Waals surface area contributed by atoms with Crippen molar-refractivity contribution in [3.63, 3.8) is 0 Å². The standard InChI is InChI=1S/C50H98O7/c1-7-13-19-23-33-43-51-47(52-44-34-24-20-14-8-2)37-27-29-39-49(55-41-31-17-11-5)57-50(56-42-32-18-12-6)40-30-28-38-48(53-45-35-25-21-15-9-3)54-46-36-26-22-16-10-4/h29-30,39-40,47-50H,7-28,31-38,41-46H2,1-6H3. The Kier molecular flexibility index (Phi) is 47.2. The van der Waals surface area contributed by atoms with Crippen molar-refractivity contribution >= 4 is 0 Å². The van der Waals surface area contributed by atoms with Crippen LogP contribution in [0.3, 0.4) is 0 Å². The molecule has 2 unspecified atom stereocenters. The monoisotopic (exact) mass is 811 g/mol. The van der Waals surface area contributed by atoms with Crippen molar-refractivity contribution in [2.75, 3.05) is 39.6 Å². The van der Waals surface area contributed by atoms with E-state index in [2.05, 4.69) is 65.8 Å². The maximum atomic E-state index is 6.53. The smallest absolute Gasteiger partial charge is 0.180 e. The zero-order chi connectivity index (χ0) is 41.5. The summed E-state index contributed by atoms with van der Waals surface area (Å²) in [6, 6.07) is 0. The molecule has 0 aromatic carbocycles. The third-order valence-electron chi connectivity index (χ3n) is 10.3. The lowest BCUT2D eigenvalue weighted by molar-refractivity contribution is -0.208. The highest BCUT2D eigenvalue weighted by molar-refractivity contribution is 4.90. The molecule has 340 valence electrons. The summed E-state index contributed by atoms with van der Waals surface area (Å²) in [5.41, 5.74) is 0. The molecule has 0 bridgehead atoms. The lowest BCUT2D eigenvalue weighted by Crippen LogP contribution is -2.25. The second kappa shape index (κ2) is 47.9. The molecule has 0 saturated carbocycles. The van der Waals surface area contributed by atoms with Crippen molar-refractivity contribution in [2.24, 2.45) is 0 Å². The van der Waals surface area contributed by atoms with Gasteiger partial charge >= 0.3 is 0 Å². The van der Waals surface area contributed by atoms with Gasteiger partial charge in [0.1, 0.15) is 0 Å². The first-order valence-corrected chi connectivity index (χ1v) is 24.8. The fourth-order valence-electron chi connectivity index (χ4n) is 6.51. The lowest BCUT2D eigenvalue weighted by atomic mass is 10.2. The maximum absolute atomic E-state index is 6.53. The first-order chi connectivity index (χ1) is 28.1. The Morgan fingerprint density at radius 2 is 0.544 bits per heavy atom. The molecule has 0 aromatic heterocycles. The van der Waals surface area contributed by atoms with Gasteiger partial charge in [0.2, 0.25) is 0 Å². The molecule has 0 rings (SSSR count). The topological polar surface area (TPSA) is 64.6 Å². The van der Waals surface area contributed by atoms with E-state index in [1.165, 1.54) is 103 Å². The maximum Gasteiger partial charge on any atom is 0.180 e. The highest BCUT2D eigenvalue weighted by Crippen LogP contribution is 2.16. The second-order valence-electron chi connectivity index (χ2n) is 16.0. The van der Waals surface area contributed by atoms with Gasteiger partial charge in [0.05, 0.1) is 13.2 Å². The fourth-order valence-corrected chi connectivity index (χ4v) is 6.51. The molecule has 7 nitrogen and oxygen atoms in total. The average Bonchev–Trinajstić information content (AvgIpc) is 3.22. The number of hydrogen-bond donors (Lipinski definition) is 0. The number of unbranched alkanes of at least 4 members (excludes halogenated alkanes) is 20. The molecule has 0 saturated heterocycles. The predicted octanol–water partition coefficient (Wildman–Crippen LogP) is 15.3. The molecule has 0 aliphatic carbocycles. The first-order valence-electron chi connectivity index (χ1n) is 24.8. The van der Waals surface area contributed by atoms with Gasteiger partial charge in [0, 0.05) is 39.3 Å². The van der Waals surface area contributed by atoms with Crippen LogP contribution in [0.4, 0.5) is 0 Å². The largest absolute Gasteiger partial charge is 0.353 e. The minimum absolute atomic E-state index is 0.173. The number of ether oxygens (including phenoxy) is 7. The van der Waals surface area contributed by atoms with Crippen molar-refractivity contribution in [1.82, 2.24) is 0 Å². The number of hydrogen-bond acceptors (Lipinski definition) is 7. The Morgan fingerprint density at radius 3 is 0.842 bits per heavy atom. The van der Waals surface area contributed by atoms with Gasteiger partial charge in [-0.15, -0.1) is 0 Å². The summed E-state index contributed by atoms with van der Waals surface area (Å²) in [4.78, 5) is 0. The van der Waals surface area contributed by atoms with E-state index in [9.17, 15) is 0 Å². The highest BCUT2D eigenvalue weighted by Gasteiger charge is 2.15. The van der Waals surface area contributed by atoms with E-state index in [4.69, 9.17) is 33.2 Å². The summed E-state index contributed by atoms with van der Waals surface area (Å²) in [6.45, 7) is 17.9. The van der Waals surface area contributed by atoms with Gasteiger partial charge in [0.15, 0.2) is 25.2 Å². The van der Waals surface area contributed by atoms with Crippen LogP contribution in [0.2, 0.25) is 0 Å². The molecule has 0 aliphatic rings. The van der Waals surface area contributed by atoms with E-state index in [0.29, 0.717) is 13.2 Å². The molecule has 0 fully saturated rings. The predicted molar refractivity (Wildman–Crippen MR) is 243 cm³/mol. The summed E-state index contributed by atoms with van der Waals surface area (Å²) in [5, 5.41) is 0. The van der Waals surface area contributed by atoms with Crippen LogP contribution in [0, 0.1) is 0 Å². The van der Waals surface area contributed by atoms with E-state index in [0.717, 1.165) is 116 Å². The Balaban J connectivity index is 5.46. The van der Waals surface area contributed by atoms with E-state index in [1.54, 1.807) is 0 Å². The Hall–Kier alpha value is -0.800. The molecular formula is C50H98O7. The van der Waals surface area contributed by atoms with Crippen LogP contribution in [0.25, 0.3) is 0 Å². The normalized spacial score (nSPS) is 13.3. The molecule has 0 heterocycles. The van der Waals surface area contributed by atoms with Gasteiger partial charge in [0.25, 0.3) is 0 Å². The lowest BCUT2D eigenvalue weighted by Gasteiger charge is -2.22. The van der Waals surface area contributed by atoms with E-state index >= 15 is 0 Å². The minimum Gasteiger partial charge on any atom is -0.353 e. The van der Waals surface area contributed by atoms with Crippen molar-refractivity contribution in [1.29, 1.82) is 0 Å². The average molecular weight is 811 g/mol. The van der Waals surface area contributed by atoms with Crippen LogP contribution in [-0.2, 0) is 33.2 Å². The van der Waals surface area contributed by atoms with Gasteiger partial charge in [-0.05, 0) is 63.5 Å². The van der Waals surface area contributed by atoms with Crippen molar-refractivity contribution in [3.05, 3.63) is 24.3 Å². The SMILES string of the molecule is CCCCCCCOC(CCC=CC(OCCCCC)OC(C=CCCC(OCCCCCCC)OCCCCCCC)OCCCCC)OCCCCCCC. The van der Waals surface area contributed by atoms with E-state index in [1.807, 2.05) is 0 Å². The van der Waals surface area contributed by atoms with Crippen molar-refractivity contribution in [3.8, 4) is 0 Å². The molecule has 57 heavy (non-hydrogen) atoms. The molecule has 0 amide bonds. The van der Waals surface area contributed by atoms with Crippen LogP contribution in [0.5, 0.6) is 0 Å². The Labute approximate surface area is 355 Å². The molecule has 7 heteroatoms. The van der Waals surface area contributed by atoms with Gasteiger partial charge in [-0.1, -0.05) is 182 Å². The summed E-state index contributed by atoms with van der Waals surface area (Å²) >= 11 is 0. The number of rotatable bonds is 48. The molecule has 2 atom stereocenters. The van der Waals surface area contributed by atoms with Gasteiger partial charge < -0.3 is 33.2 Å². The van der Waals surface area contributed by atoms with Gasteiger partial charge in [-0.25, -0.2) is 0 Å². The number of allylic oxidation sites excluding steroid dienone is 2. The van der Waals surface area contributed by atoms with Crippen LogP contribution in [-0.4, -0.2) is 64.8 Å². The quantitative estimate of drug-likeness (QED) is 0.0344. The van der Waals surface area contributed by atoms with E-state index in [-0.39, 0.29) is 12.6 Å². The molecular weight excluding hydrogens is 713 g/mol. The Morgan fingerprint density at radius 1 is 0.298 bits per heavy atom. The highest BCUT2D eigenvalue weighted by atomic mass is 16.8. The molecule has 0 spiro atoms. The second-order valence-corrected chi connectivity index (χ2v) is 16.0. The molecule has 0 radical (unpaired) electrons. The third-order valence-corrected chi connectivity index (χ3v) is 10.3. The summed E-state index contributed by atoms with van der Waals surface area (Å²) in [6.07, 6.45) is 41.8. The zero-order valence-electron chi connectivity index (χ0n) is 38.9. The van der Waals surface area contributed by atoms with Crippen molar-refractivity contribution < 1.29 is 33.2 Å². The first kappa shape index (κ1) is 56.2. The van der Waals surface area contributed by atoms with Crippen molar-refractivity contribution in [2.45, 2.75) is 259 Å². The minimum atomic E-state index is -0.486. The molecule has 0 aromatic rings. The van der Waals surface area contributed by atoms with Crippen LogP contribution >= 0.6 is 0 Å². The molecule has 0 aliphatic heterocycles. The van der Waals surface area contributed by atoms with Gasteiger partial charge in [-0.3, -0.25) is 0 Å². The van der Waals surface area contributed by atoms with Crippen LogP contribution in [0.15, 0.2) is 24.3 Å². The summed E-state index contributed by atoms with van der Waals surface area (Å²) in [7, 11) is 0. The van der Waals surface area contributed by atoms with Crippen LogP contribution in [0.1, 0.15) is 234 Å². The summed E-state index contributed by atoms with van der Waals surface area (Å²) in [5.74, 6) is 0. The third kappa shape index (κ3) is 41.7. The molecule has 0 N–H and O–H groups in total.